The lowest BCUT2D eigenvalue weighted by Gasteiger charge is -2.25. The van der Waals surface area contributed by atoms with Crippen molar-refractivity contribution in [1.29, 1.82) is 0 Å². The Morgan fingerprint density at radius 2 is 1.53 bits per heavy atom. The van der Waals surface area contributed by atoms with Crippen LogP contribution >= 0.6 is 0 Å². The van der Waals surface area contributed by atoms with Crippen molar-refractivity contribution >= 4 is 23.1 Å². The van der Waals surface area contributed by atoms with Gasteiger partial charge in [-0.05, 0) is 72.0 Å². The summed E-state index contributed by atoms with van der Waals surface area (Å²) in [6.07, 6.45) is 0.859. The zero-order valence-electron chi connectivity index (χ0n) is 21.0. The van der Waals surface area contributed by atoms with Gasteiger partial charge in [0.05, 0.1) is 25.3 Å². The van der Waals surface area contributed by atoms with Crippen molar-refractivity contribution in [3.05, 3.63) is 95.1 Å². The van der Waals surface area contributed by atoms with Crippen LogP contribution in [-0.2, 0) is 16.0 Å². The first-order valence-electron chi connectivity index (χ1n) is 12.1. The molecule has 0 aliphatic carbocycles. The topological polar surface area (TPSA) is 76.1 Å². The number of aryl methyl sites for hydroxylation is 1. The van der Waals surface area contributed by atoms with Gasteiger partial charge in [0.2, 0.25) is 0 Å². The van der Waals surface area contributed by atoms with E-state index in [1.807, 2.05) is 24.3 Å². The van der Waals surface area contributed by atoms with Crippen LogP contribution in [0.3, 0.4) is 0 Å². The van der Waals surface area contributed by atoms with Gasteiger partial charge in [-0.15, -0.1) is 0 Å². The summed E-state index contributed by atoms with van der Waals surface area (Å²) in [5.41, 5.74) is 2.88. The van der Waals surface area contributed by atoms with Crippen LogP contribution in [0.4, 0.5) is 5.69 Å². The van der Waals surface area contributed by atoms with Gasteiger partial charge in [0.15, 0.2) is 0 Å². The summed E-state index contributed by atoms with van der Waals surface area (Å²) >= 11 is 0. The Morgan fingerprint density at radius 3 is 2.08 bits per heavy atom. The second-order valence-corrected chi connectivity index (χ2v) is 9.19. The second-order valence-electron chi connectivity index (χ2n) is 9.19. The van der Waals surface area contributed by atoms with Gasteiger partial charge in [-0.2, -0.15) is 0 Å². The number of ketones is 1. The lowest BCUT2D eigenvalue weighted by molar-refractivity contribution is -0.132. The van der Waals surface area contributed by atoms with Crippen molar-refractivity contribution in [3.8, 4) is 11.5 Å². The zero-order valence-corrected chi connectivity index (χ0v) is 21.0. The molecule has 6 heteroatoms. The lowest BCUT2D eigenvalue weighted by atomic mass is 9.95. The third-order valence-corrected chi connectivity index (χ3v) is 6.21. The second kappa shape index (κ2) is 10.7. The third kappa shape index (κ3) is 4.98. The average molecular weight is 486 g/mol. The molecule has 0 spiro atoms. The standard InChI is InChI=1S/C30H31NO5/c1-5-20-6-12-23(13-7-20)31-27(21-8-14-24(35-4)15-9-21)26(29(33)30(31)34)28(32)22-10-16-25(17-11-22)36-18-19(2)3/h6-17,19,27,32H,5,18H2,1-4H3/b28-26+. The first-order valence-corrected chi connectivity index (χ1v) is 12.1. The molecule has 3 aromatic rings. The molecule has 1 aliphatic heterocycles. The summed E-state index contributed by atoms with van der Waals surface area (Å²) in [5, 5.41) is 11.3. The number of rotatable bonds is 8. The van der Waals surface area contributed by atoms with Crippen LogP contribution in [0.15, 0.2) is 78.4 Å². The molecule has 0 bridgehead atoms. The monoisotopic (exact) mass is 485 g/mol. The number of benzene rings is 3. The largest absolute Gasteiger partial charge is 0.507 e. The maximum Gasteiger partial charge on any atom is 0.300 e. The van der Waals surface area contributed by atoms with Gasteiger partial charge in [-0.25, -0.2) is 0 Å². The molecule has 1 unspecified atom stereocenters. The predicted octanol–water partition coefficient (Wildman–Crippen LogP) is 5.92. The molecule has 1 saturated heterocycles. The lowest BCUT2D eigenvalue weighted by Crippen LogP contribution is -2.29. The van der Waals surface area contributed by atoms with E-state index in [0.717, 1.165) is 12.0 Å². The molecular formula is C30H31NO5. The SMILES string of the molecule is CCc1ccc(N2C(=O)C(=O)/C(=C(/O)c3ccc(OCC(C)C)cc3)C2c2ccc(OC)cc2)cc1. The molecule has 0 radical (unpaired) electrons. The van der Waals surface area contributed by atoms with E-state index in [2.05, 4.69) is 20.8 Å². The molecule has 3 aromatic carbocycles. The summed E-state index contributed by atoms with van der Waals surface area (Å²) in [4.78, 5) is 28.1. The molecule has 0 aromatic heterocycles. The van der Waals surface area contributed by atoms with Crippen molar-refractivity contribution in [1.82, 2.24) is 0 Å². The van der Waals surface area contributed by atoms with Gasteiger partial charge in [0.25, 0.3) is 11.7 Å². The number of anilines is 1. The van der Waals surface area contributed by atoms with Crippen LogP contribution in [0, 0.1) is 5.92 Å². The number of nitrogens with zero attached hydrogens (tertiary/aromatic N) is 1. The minimum absolute atomic E-state index is 0.0422. The molecule has 1 fully saturated rings. The van der Waals surface area contributed by atoms with Crippen LogP contribution in [-0.4, -0.2) is 30.5 Å². The normalized spacial score (nSPS) is 17.0. The molecule has 1 amide bonds. The molecule has 186 valence electrons. The Bertz CT molecular complexity index is 1260. The maximum atomic E-state index is 13.3. The van der Waals surface area contributed by atoms with Crippen LogP contribution < -0.4 is 14.4 Å². The molecule has 1 N–H and O–H groups in total. The fourth-order valence-corrected chi connectivity index (χ4v) is 4.22. The fraction of sp³-hybridized carbons (Fsp3) is 0.267. The number of Topliss-reactive ketones (excluding diaryl/α,β-unsaturated/α-hetero) is 1. The maximum absolute atomic E-state index is 13.3. The number of aliphatic hydroxyl groups is 1. The van der Waals surface area contributed by atoms with E-state index in [1.165, 1.54) is 4.90 Å². The smallest absolute Gasteiger partial charge is 0.300 e. The van der Waals surface area contributed by atoms with E-state index in [4.69, 9.17) is 9.47 Å². The summed E-state index contributed by atoms with van der Waals surface area (Å²) in [6, 6.07) is 20.8. The quantitative estimate of drug-likeness (QED) is 0.244. The van der Waals surface area contributed by atoms with Gasteiger partial charge < -0.3 is 14.6 Å². The van der Waals surface area contributed by atoms with Crippen LogP contribution in [0.25, 0.3) is 5.76 Å². The van der Waals surface area contributed by atoms with Crippen LogP contribution in [0.1, 0.15) is 43.5 Å². The Morgan fingerprint density at radius 1 is 0.917 bits per heavy atom. The number of carbonyl (C=O) groups is 2. The number of amides is 1. The molecule has 4 rings (SSSR count). The van der Waals surface area contributed by atoms with Gasteiger partial charge >= 0.3 is 0 Å². The molecule has 6 nitrogen and oxygen atoms in total. The Labute approximate surface area is 211 Å². The molecular weight excluding hydrogens is 454 g/mol. The van der Waals surface area contributed by atoms with Crippen molar-refractivity contribution in [3.63, 3.8) is 0 Å². The highest BCUT2D eigenvalue weighted by molar-refractivity contribution is 6.51. The fourth-order valence-electron chi connectivity index (χ4n) is 4.22. The molecule has 36 heavy (non-hydrogen) atoms. The number of hydrogen-bond donors (Lipinski definition) is 1. The van der Waals surface area contributed by atoms with E-state index in [1.54, 1.807) is 55.6 Å². The number of carbonyl (C=O) groups excluding carboxylic acids is 2. The molecule has 1 aliphatic rings. The minimum atomic E-state index is -0.791. The highest BCUT2D eigenvalue weighted by Gasteiger charge is 2.47. The Balaban J connectivity index is 1.80. The Kier molecular flexibility index (Phi) is 7.44. The first-order chi connectivity index (χ1) is 17.3. The van der Waals surface area contributed by atoms with E-state index in [-0.39, 0.29) is 11.3 Å². The third-order valence-electron chi connectivity index (χ3n) is 6.21. The summed E-state index contributed by atoms with van der Waals surface area (Å²) in [6.45, 7) is 6.75. The van der Waals surface area contributed by atoms with Gasteiger partial charge in [0.1, 0.15) is 17.3 Å². The first kappa shape index (κ1) is 25.0. The summed E-state index contributed by atoms with van der Waals surface area (Å²) < 4.78 is 11.0. The molecule has 0 saturated carbocycles. The highest BCUT2D eigenvalue weighted by atomic mass is 16.5. The van der Waals surface area contributed by atoms with E-state index >= 15 is 0 Å². The number of ether oxygens (including phenoxy) is 2. The van der Waals surface area contributed by atoms with E-state index < -0.39 is 17.7 Å². The predicted molar refractivity (Wildman–Crippen MR) is 140 cm³/mol. The Hall–Kier alpha value is -4.06. The van der Waals surface area contributed by atoms with Crippen molar-refractivity contribution in [2.24, 2.45) is 5.92 Å². The van der Waals surface area contributed by atoms with E-state index in [0.29, 0.717) is 40.8 Å². The molecule has 1 heterocycles. The number of methoxy groups -OCH3 is 1. The van der Waals surface area contributed by atoms with Crippen molar-refractivity contribution in [2.45, 2.75) is 33.2 Å². The van der Waals surface area contributed by atoms with Crippen LogP contribution in [0.5, 0.6) is 11.5 Å². The van der Waals surface area contributed by atoms with E-state index in [9.17, 15) is 14.7 Å². The van der Waals surface area contributed by atoms with Gasteiger partial charge in [-0.3, -0.25) is 14.5 Å². The van der Waals surface area contributed by atoms with Gasteiger partial charge in [0, 0.05) is 11.3 Å². The summed E-state index contributed by atoms with van der Waals surface area (Å²) in [5.74, 6) is 0.0668. The zero-order chi connectivity index (χ0) is 25.8. The molecule has 1 atom stereocenters. The van der Waals surface area contributed by atoms with Crippen molar-refractivity contribution in [2.75, 3.05) is 18.6 Å². The van der Waals surface area contributed by atoms with Crippen LogP contribution in [0.2, 0.25) is 0 Å². The van der Waals surface area contributed by atoms with Crippen molar-refractivity contribution < 1.29 is 24.2 Å². The highest BCUT2D eigenvalue weighted by Crippen LogP contribution is 2.42. The van der Waals surface area contributed by atoms with Gasteiger partial charge in [-0.1, -0.05) is 45.0 Å². The minimum Gasteiger partial charge on any atom is -0.507 e. The number of hydrogen-bond acceptors (Lipinski definition) is 5. The average Bonchev–Trinajstić information content (AvgIpc) is 3.17. The summed E-state index contributed by atoms with van der Waals surface area (Å²) in [7, 11) is 1.57. The number of aliphatic hydroxyl groups excluding tert-OH is 1.